The molecule has 1 aliphatic heterocycles. The Hall–Kier alpha value is -1.56. The predicted molar refractivity (Wildman–Crippen MR) is 87.3 cm³/mol. The lowest BCUT2D eigenvalue weighted by molar-refractivity contribution is -0.274. The summed E-state index contributed by atoms with van der Waals surface area (Å²) in [5.74, 6) is 0.490. The number of ether oxygens (including phenoxy) is 3. The predicted octanol–water partition coefficient (Wildman–Crippen LogP) is 4.04. The molecule has 2 heterocycles. The van der Waals surface area contributed by atoms with E-state index in [-0.39, 0.29) is 11.9 Å². The zero-order chi connectivity index (χ0) is 17.7. The molecular weight excluding hydrogens is 379 g/mol. The molecule has 1 atom stereocenters. The number of nitrogens with zero attached hydrogens (tertiary/aromatic N) is 2. The van der Waals surface area contributed by atoms with Crippen LogP contribution < -0.4 is 10.1 Å². The molecule has 1 N–H and O–H groups in total. The average molecular weight is 393 g/mol. The summed E-state index contributed by atoms with van der Waals surface area (Å²) in [5.41, 5.74) is 0.593. The summed E-state index contributed by atoms with van der Waals surface area (Å²) in [6, 6.07) is 5.42. The van der Waals surface area contributed by atoms with E-state index >= 15 is 0 Å². The third-order valence-corrected chi connectivity index (χ3v) is 5.21. The SMILES string of the molecule is FC(F)(F)Oc1ccc(Nc2nnc(SC[C@@H]3CCOCO3)s2)cc1. The van der Waals surface area contributed by atoms with Crippen LogP contribution in [-0.4, -0.2) is 41.8 Å². The van der Waals surface area contributed by atoms with Crippen molar-refractivity contribution in [1.29, 1.82) is 0 Å². The second-order valence-corrected chi connectivity index (χ2v) is 7.23. The van der Waals surface area contributed by atoms with E-state index < -0.39 is 6.36 Å². The quantitative estimate of drug-likeness (QED) is 0.743. The van der Waals surface area contributed by atoms with E-state index in [0.29, 0.717) is 24.2 Å². The first-order valence-electron chi connectivity index (χ1n) is 7.26. The van der Waals surface area contributed by atoms with Crippen molar-refractivity contribution in [1.82, 2.24) is 10.2 Å². The number of anilines is 2. The monoisotopic (exact) mass is 393 g/mol. The first kappa shape index (κ1) is 18.2. The number of alkyl halides is 3. The van der Waals surface area contributed by atoms with Gasteiger partial charge in [-0.1, -0.05) is 23.1 Å². The summed E-state index contributed by atoms with van der Waals surface area (Å²) in [6.45, 7) is 1.02. The average Bonchev–Trinajstić information content (AvgIpc) is 3.02. The molecule has 2 aromatic rings. The molecule has 0 saturated carbocycles. The molecule has 0 radical (unpaired) electrons. The summed E-state index contributed by atoms with van der Waals surface area (Å²) in [5, 5.41) is 11.6. The van der Waals surface area contributed by atoms with Crippen LogP contribution in [0.3, 0.4) is 0 Å². The highest BCUT2D eigenvalue weighted by Crippen LogP contribution is 2.30. The number of benzene rings is 1. The molecule has 0 aliphatic carbocycles. The van der Waals surface area contributed by atoms with Gasteiger partial charge in [0.1, 0.15) is 12.5 Å². The van der Waals surface area contributed by atoms with Gasteiger partial charge in [-0.15, -0.1) is 23.4 Å². The number of rotatable bonds is 6. The maximum absolute atomic E-state index is 12.1. The Bertz CT molecular complexity index is 676. The minimum atomic E-state index is -4.70. The van der Waals surface area contributed by atoms with Crippen molar-refractivity contribution in [3.05, 3.63) is 24.3 Å². The standard InChI is InChI=1S/C14H14F3N3O3S2/c15-14(16,17)23-10-3-1-9(2-4-10)18-12-19-20-13(25-12)24-7-11-5-6-21-8-22-11/h1-4,11H,5-8H2,(H,18,19)/t11-/m0/s1. The second kappa shape index (κ2) is 8.21. The van der Waals surface area contributed by atoms with Gasteiger partial charge in [0.2, 0.25) is 5.13 Å². The summed E-state index contributed by atoms with van der Waals surface area (Å²) < 4.78 is 51.6. The summed E-state index contributed by atoms with van der Waals surface area (Å²) in [7, 11) is 0. The minimum absolute atomic E-state index is 0.139. The third-order valence-electron chi connectivity index (χ3n) is 3.11. The van der Waals surface area contributed by atoms with Gasteiger partial charge >= 0.3 is 6.36 Å². The topological polar surface area (TPSA) is 65.5 Å². The molecule has 6 nitrogen and oxygen atoms in total. The molecule has 0 bridgehead atoms. The molecule has 1 aromatic carbocycles. The molecular formula is C14H14F3N3O3S2. The normalized spacial score (nSPS) is 18.1. The zero-order valence-corrected chi connectivity index (χ0v) is 14.4. The largest absolute Gasteiger partial charge is 0.573 e. The smallest absolute Gasteiger partial charge is 0.406 e. The van der Waals surface area contributed by atoms with Crippen LogP contribution >= 0.6 is 23.1 Å². The Labute approximate surface area is 149 Å². The molecule has 25 heavy (non-hydrogen) atoms. The molecule has 0 spiro atoms. The van der Waals surface area contributed by atoms with Crippen LogP contribution in [0.25, 0.3) is 0 Å². The van der Waals surface area contributed by atoms with Crippen LogP contribution in [0.4, 0.5) is 24.0 Å². The van der Waals surface area contributed by atoms with Crippen molar-refractivity contribution < 1.29 is 27.4 Å². The van der Waals surface area contributed by atoms with E-state index in [4.69, 9.17) is 9.47 Å². The van der Waals surface area contributed by atoms with Crippen molar-refractivity contribution in [2.45, 2.75) is 23.2 Å². The highest BCUT2D eigenvalue weighted by atomic mass is 32.2. The summed E-state index contributed by atoms with van der Waals surface area (Å²) >= 11 is 2.91. The zero-order valence-electron chi connectivity index (χ0n) is 12.8. The number of aromatic nitrogens is 2. The van der Waals surface area contributed by atoms with Gasteiger partial charge in [0, 0.05) is 11.4 Å². The number of nitrogens with one attached hydrogen (secondary N) is 1. The van der Waals surface area contributed by atoms with Gasteiger partial charge in [-0.05, 0) is 30.7 Å². The van der Waals surface area contributed by atoms with E-state index in [1.54, 1.807) is 11.8 Å². The van der Waals surface area contributed by atoms with Gasteiger partial charge in [0.15, 0.2) is 4.34 Å². The van der Waals surface area contributed by atoms with Crippen LogP contribution in [0.1, 0.15) is 6.42 Å². The first-order chi connectivity index (χ1) is 12.0. The van der Waals surface area contributed by atoms with Crippen molar-refractivity contribution in [3.8, 4) is 5.75 Å². The van der Waals surface area contributed by atoms with E-state index in [9.17, 15) is 13.2 Å². The highest BCUT2D eigenvalue weighted by molar-refractivity contribution is 8.01. The molecule has 3 rings (SSSR count). The van der Waals surface area contributed by atoms with Crippen molar-refractivity contribution in [3.63, 3.8) is 0 Å². The van der Waals surface area contributed by atoms with Crippen molar-refractivity contribution in [2.24, 2.45) is 0 Å². The molecule has 1 saturated heterocycles. The Kier molecular flexibility index (Phi) is 5.99. The summed E-state index contributed by atoms with van der Waals surface area (Å²) in [6.07, 6.45) is -3.71. The summed E-state index contributed by atoms with van der Waals surface area (Å²) in [4.78, 5) is 0. The molecule has 0 unspecified atom stereocenters. The van der Waals surface area contributed by atoms with Gasteiger partial charge in [0.25, 0.3) is 0 Å². The molecule has 0 amide bonds. The first-order valence-corrected chi connectivity index (χ1v) is 9.07. The lowest BCUT2D eigenvalue weighted by atomic mass is 10.3. The van der Waals surface area contributed by atoms with E-state index in [0.717, 1.165) is 16.5 Å². The fourth-order valence-electron chi connectivity index (χ4n) is 1.98. The Balaban J connectivity index is 1.50. The lowest BCUT2D eigenvalue weighted by Crippen LogP contribution is -2.25. The Morgan fingerprint density at radius 3 is 2.76 bits per heavy atom. The molecule has 11 heteroatoms. The van der Waals surface area contributed by atoms with E-state index in [2.05, 4.69) is 20.3 Å². The van der Waals surface area contributed by atoms with Gasteiger partial charge in [-0.3, -0.25) is 0 Å². The third kappa shape index (κ3) is 6.03. The number of hydrogen-bond donors (Lipinski definition) is 1. The van der Waals surface area contributed by atoms with Crippen LogP contribution in [0.5, 0.6) is 5.75 Å². The van der Waals surface area contributed by atoms with Crippen LogP contribution in [0.2, 0.25) is 0 Å². The minimum Gasteiger partial charge on any atom is -0.406 e. The van der Waals surface area contributed by atoms with Crippen LogP contribution in [-0.2, 0) is 9.47 Å². The maximum atomic E-state index is 12.1. The van der Waals surface area contributed by atoms with E-state index in [1.165, 1.54) is 35.6 Å². The Morgan fingerprint density at radius 1 is 1.28 bits per heavy atom. The van der Waals surface area contributed by atoms with Crippen molar-refractivity contribution >= 4 is 33.9 Å². The van der Waals surface area contributed by atoms with Gasteiger partial charge in [0.05, 0.1) is 12.7 Å². The van der Waals surface area contributed by atoms with Crippen molar-refractivity contribution in [2.75, 3.05) is 24.5 Å². The number of thioether (sulfide) groups is 1. The fourth-order valence-corrected chi connectivity index (χ4v) is 3.84. The van der Waals surface area contributed by atoms with Gasteiger partial charge in [-0.2, -0.15) is 0 Å². The number of hydrogen-bond acceptors (Lipinski definition) is 8. The van der Waals surface area contributed by atoms with Crippen LogP contribution in [0.15, 0.2) is 28.6 Å². The molecule has 1 aromatic heterocycles. The maximum Gasteiger partial charge on any atom is 0.573 e. The fraction of sp³-hybridized carbons (Fsp3) is 0.429. The van der Waals surface area contributed by atoms with Gasteiger partial charge < -0.3 is 19.5 Å². The molecule has 1 fully saturated rings. The van der Waals surface area contributed by atoms with E-state index in [1.807, 2.05) is 0 Å². The van der Waals surface area contributed by atoms with Crippen LogP contribution in [0, 0.1) is 0 Å². The van der Waals surface area contributed by atoms with Gasteiger partial charge in [-0.25, -0.2) is 0 Å². The highest BCUT2D eigenvalue weighted by Gasteiger charge is 2.30. The molecule has 136 valence electrons. The lowest BCUT2D eigenvalue weighted by Gasteiger charge is -2.21. The molecule has 1 aliphatic rings. The second-order valence-electron chi connectivity index (χ2n) is 4.98. The Morgan fingerprint density at radius 2 is 2.08 bits per heavy atom. The number of halogens is 3.